The molecule has 20 heteroatoms. The highest BCUT2D eigenvalue weighted by molar-refractivity contribution is 7.48. The summed E-state index contributed by atoms with van der Waals surface area (Å²) in [5.74, 6) is -4.19. The lowest BCUT2D eigenvalue weighted by atomic mass is 9.90. The van der Waals surface area contributed by atoms with Crippen LogP contribution in [0.4, 0.5) is 0 Å². The lowest BCUT2D eigenvalue weighted by molar-refractivity contribution is -0.395. The summed E-state index contributed by atoms with van der Waals surface area (Å²) in [6.45, 7) is -1.97. The highest BCUT2D eigenvalue weighted by Gasteiger charge is 2.59. The summed E-state index contributed by atoms with van der Waals surface area (Å²) in [6, 6.07) is 0. The summed E-state index contributed by atoms with van der Waals surface area (Å²) in [6.07, 6.45) is 0. The summed E-state index contributed by atoms with van der Waals surface area (Å²) in [4.78, 5) is 28.2. The molecule has 12 nitrogen and oxygen atoms in total. The van der Waals surface area contributed by atoms with Crippen LogP contribution in [0.25, 0.3) is 0 Å². The van der Waals surface area contributed by atoms with Crippen molar-refractivity contribution in [3.8, 4) is 0 Å². The first-order valence-electron chi connectivity index (χ1n) is 8.80. The third-order valence-corrected chi connectivity index (χ3v) is 6.39. The van der Waals surface area contributed by atoms with E-state index in [1.165, 1.54) is 0 Å². The molecule has 33 heavy (non-hydrogen) atoms. The molecule has 0 spiro atoms. The van der Waals surface area contributed by atoms with Gasteiger partial charge in [0.15, 0.2) is 0 Å². The minimum absolute atomic E-state index is 0.0341. The van der Waals surface area contributed by atoms with Crippen LogP contribution in [-0.4, -0.2) is 84.1 Å². The van der Waals surface area contributed by atoms with Gasteiger partial charge in [0.25, 0.3) is 0 Å². The molecule has 0 fully saturated rings. The summed E-state index contributed by atoms with van der Waals surface area (Å²) in [5, 5.41) is 0. The molecule has 0 aromatic rings. The predicted octanol–water partition coefficient (Wildman–Crippen LogP) is 4.22. The third kappa shape index (κ3) is 12.7. The minimum Gasteiger partial charge on any atom is -0.325 e. The van der Waals surface area contributed by atoms with Gasteiger partial charge in [-0.05, 0) is 0 Å². The second-order valence-corrected chi connectivity index (χ2v) is 10.3. The number of rotatable bonds is 22. The van der Waals surface area contributed by atoms with E-state index in [4.69, 9.17) is 88.1 Å². The van der Waals surface area contributed by atoms with E-state index in [1.807, 2.05) is 0 Å². The van der Waals surface area contributed by atoms with E-state index in [0.29, 0.717) is 0 Å². The first-order chi connectivity index (χ1) is 15.5. The Balaban J connectivity index is 6.12. The number of hydrogen-bond acceptors (Lipinski definition) is 10. The molecular formula is C13H24Cl6O12P2. The van der Waals surface area contributed by atoms with E-state index in [0.717, 1.165) is 0 Å². The van der Waals surface area contributed by atoms with Crippen molar-refractivity contribution in [2.24, 2.45) is 5.41 Å². The van der Waals surface area contributed by atoms with Crippen LogP contribution in [-0.2, 0) is 46.8 Å². The number of alkyl halides is 6. The van der Waals surface area contributed by atoms with Gasteiger partial charge in [0.2, 0.25) is 0 Å². The monoisotopic (exact) mass is 644 g/mol. The normalized spacial score (nSPS) is 13.6. The van der Waals surface area contributed by atoms with E-state index < -0.39 is 45.4 Å². The van der Waals surface area contributed by atoms with E-state index in [2.05, 4.69) is 19.1 Å². The summed E-state index contributed by atoms with van der Waals surface area (Å²) >= 11 is 34.4. The van der Waals surface area contributed by atoms with E-state index in [9.17, 15) is 18.9 Å². The second-order valence-electron chi connectivity index (χ2n) is 5.65. The number of phosphoric ester groups is 1. The molecule has 0 bridgehead atoms. The van der Waals surface area contributed by atoms with Gasteiger partial charge in [0.05, 0.1) is 33.0 Å². The Labute approximate surface area is 220 Å². The van der Waals surface area contributed by atoms with Gasteiger partial charge in [-0.1, -0.05) is 0 Å². The average molecular weight is 647 g/mol. The van der Waals surface area contributed by atoms with Crippen LogP contribution in [0.15, 0.2) is 0 Å². The molecule has 0 atom stereocenters. The van der Waals surface area contributed by atoms with Gasteiger partial charge in [-0.25, -0.2) is 23.4 Å². The maximum absolute atomic E-state index is 12.9. The van der Waals surface area contributed by atoms with E-state index >= 15 is 0 Å². The van der Waals surface area contributed by atoms with Crippen molar-refractivity contribution in [2.75, 3.05) is 68.3 Å². The summed E-state index contributed by atoms with van der Waals surface area (Å²) in [5.41, 5.74) is -1.96. The van der Waals surface area contributed by atoms with Crippen molar-refractivity contribution in [3.05, 3.63) is 0 Å². The second kappa shape index (κ2) is 18.1. The average Bonchev–Trinajstić information content (AvgIpc) is 2.76. The first kappa shape index (κ1) is 34.8. The van der Waals surface area contributed by atoms with Crippen molar-refractivity contribution in [1.29, 1.82) is 0 Å². The van der Waals surface area contributed by atoms with Crippen molar-refractivity contribution in [2.45, 2.75) is 5.97 Å². The zero-order valence-corrected chi connectivity index (χ0v) is 23.2. The largest absolute Gasteiger partial charge is 0.529 e. The standard InChI is InChI=1S/C13H24Cl6O12P2/c14-1-5-24-13(25-6-2-15,29-32(20,21)22)12(9-18,10-19)11-28-33(23,30-26-7-3-16)31-27-8-4-17/h1-11H2,(H2,20,21,22). The number of ether oxygens (including phenoxy) is 2. The van der Waals surface area contributed by atoms with Crippen molar-refractivity contribution >= 4 is 85.3 Å². The quantitative estimate of drug-likeness (QED) is 0.0433. The first-order valence-corrected chi connectivity index (χ1v) is 15.0. The molecule has 0 saturated heterocycles. The molecule has 0 aliphatic carbocycles. The van der Waals surface area contributed by atoms with Crippen molar-refractivity contribution < 1.29 is 56.6 Å². The van der Waals surface area contributed by atoms with Crippen LogP contribution in [0.3, 0.4) is 0 Å². The van der Waals surface area contributed by atoms with Gasteiger partial charge in [0, 0.05) is 35.3 Å². The van der Waals surface area contributed by atoms with Gasteiger partial charge in [-0.2, -0.15) is 0 Å². The molecule has 0 unspecified atom stereocenters. The molecule has 200 valence electrons. The van der Waals surface area contributed by atoms with Crippen LogP contribution in [0, 0.1) is 5.41 Å². The van der Waals surface area contributed by atoms with Gasteiger partial charge in [-0.3, -0.25) is 4.52 Å². The predicted molar refractivity (Wildman–Crippen MR) is 122 cm³/mol. The minimum atomic E-state index is -5.32. The third-order valence-electron chi connectivity index (χ3n) is 3.25. The Bertz CT molecular complexity index is 588. The number of hydrogen-bond donors (Lipinski definition) is 2. The Kier molecular flexibility index (Phi) is 19.1. The molecular weight excluding hydrogens is 623 g/mol. The summed E-state index contributed by atoms with van der Waals surface area (Å²) in [7, 11) is -9.98. The molecule has 0 aromatic carbocycles. The van der Waals surface area contributed by atoms with Gasteiger partial charge >= 0.3 is 21.6 Å². The molecule has 0 aromatic heterocycles. The van der Waals surface area contributed by atoms with Gasteiger partial charge in [0.1, 0.15) is 5.41 Å². The Morgan fingerprint density at radius 3 is 1.45 bits per heavy atom. The van der Waals surface area contributed by atoms with E-state index in [1.54, 1.807) is 0 Å². The van der Waals surface area contributed by atoms with Crippen LogP contribution in [0.1, 0.15) is 0 Å². The fraction of sp³-hybridized carbons (Fsp3) is 1.00. The van der Waals surface area contributed by atoms with Crippen LogP contribution in [0.5, 0.6) is 0 Å². The van der Waals surface area contributed by atoms with Crippen molar-refractivity contribution in [3.63, 3.8) is 0 Å². The Morgan fingerprint density at radius 1 is 0.697 bits per heavy atom. The van der Waals surface area contributed by atoms with Crippen LogP contribution < -0.4 is 0 Å². The molecule has 0 aliphatic heterocycles. The highest BCUT2D eigenvalue weighted by Crippen LogP contribution is 2.55. The fourth-order valence-corrected chi connectivity index (χ4v) is 4.47. The van der Waals surface area contributed by atoms with E-state index in [-0.39, 0.29) is 49.9 Å². The van der Waals surface area contributed by atoms with Crippen LogP contribution >= 0.6 is 85.3 Å². The zero-order chi connectivity index (χ0) is 25.4. The molecule has 0 aliphatic rings. The number of phosphoric acid groups is 2. The van der Waals surface area contributed by atoms with Gasteiger partial charge < -0.3 is 19.3 Å². The van der Waals surface area contributed by atoms with Crippen molar-refractivity contribution in [1.82, 2.24) is 0 Å². The molecule has 0 amide bonds. The molecule has 0 rings (SSSR count). The molecule has 0 radical (unpaired) electrons. The maximum atomic E-state index is 12.9. The SMILES string of the molecule is O=P(O)(O)OC(OCCCl)(OCCCl)C(CCl)(CCl)COP(=O)(OOCCCl)OOCCCl. The van der Waals surface area contributed by atoms with Crippen LogP contribution in [0.2, 0.25) is 0 Å². The maximum Gasteiger partial charge on any atom is 0.529 e. The summed E-state index contributed by atoms with van der Waals surface area (Å²) < 4.78 is 54.8. The van der Waals surface area contributed by atoms with Gasteiger partial charge in [-0.15, -0.1) is 79.0 Å². The molecule has 0 heterocycles. The Morgan fingerprint density at radius 2 is 1.12 bits per heavy atom. The molecule has 2 N–H and O–H groups in total. The fourth-order valence-electron chi connectivity index (χ4n) is 1.89. The smallest absolute Gasteiger partial charge is 0.325 e. The Hall–Kier alpha value is 1.80. The molecule has 0 saturated carbocycles. The number of halogens is 6. The zero-order valence-electron chi connectivity index (χ0n) is 16.9. The highest BCUT2D eigenvalue weighted by atomic mass is 35.5. The topological polar surface area (TPSA) is 148 Å². The lowest BCUT2D eigenvalue weighted by Crippen LogP contribution is -2.59. The lowest BCUT2D eigenvalue weighted by Gasteiger charge is -2.46.